The second-order valence-corrected chi connectivity index (χ2v) is 13.3. The molecule has 0 radical (unpaired) electrons. The number of ether oxygens (including phenoxy) is 14. The lowest BCUT2D eigenvalue weighted by Gasteiger charge is -2.24. The highest BCUT2D eigenvalue weighted by Gasteiger charge is 2.19. The number of esters is 1. The van der Waals surface area contributed by atoms with Crippen molar-refractivity contribution in [2.75, 3.05) is 179 Å². The van der Waals surface area contributed by atoms with Crippen LogP contribution in [-0.4, -0.2) is 201 Å². The van der Waals surface area contributed by atoms with Crippen molar-refractivity contribution < 1.29 is 75.9 Å². The van der Waals surface area contributed by atoms with Gasteiger partial charge in [0.25, 0.3) is 0 Å². The summed E-state index contributed by atoms with van der Waals surface area (Å²) in [6.07, 6.45) is 4.37. The Morgan fingerprint density at radius 1 is 0.411 bits per heavy atom. The molecule has 17 heteroatoms. The van der Waals surface area contributed by atoms with Crippen molar-refractivity contribution in [1.82, 2.24) is 4.90 Å². The molecule has 0 aliphatic carbocycles. The van der Waals surface area contributed by atoms with Gasteiger partial charge in [-0.25, -0.2) is 4.79 Å². The number of carbonyl (C=O) groups is 2. The maximum absolute atomic E-state index is 11.9. The lowest BCUT2D eigenvalue weighted by molar-refractivity contribution is -0.145. The molecule has 0 spiro atoms. The van der Waals surface area contributed by atoms with E-state index < -0.39 is 5.60 Å². The smallest absolute Gasteiger partial charge is 0.410 e. The monoisotopic (exact) mass is 816 g/mol. The summed E-state index contributed by atoms with van der Waals surface area (Å²) in [5.41, 5.74) is -0.515. The number of amides is 1. The van der Waals surface area contributed by atoms with Gasteiger partial charge in [-0.1, -0.05) is 26.2 Å². The summed E-state index contributed by atoms with van der Waals surface area (Å²) >= 11 is 0. The van der Waals surface area contributed by atoms with E-state index in [1.807, 2.05) is 20.8 Å². The Morgan fingerprint density at radius 2 is 0.696 bits per heavy atom. The third kappa shape index (κ3) is 45.0. The van der Waals surface area contributed by atoms with Gasteiger partial charge in [-0.2, -0.15) is 0 Å². The minimum Gasteiger partial charge on any atom is -0.463 e. The lowest BCUT2D eigenvalue weighted by atomic mass is 10.2. The van der Waals surface area contributed by atoms with Crippen molar-refractivity contribution in [2.45, 2.75) is 65.4 Å². The number of hydrogen-bond donors (Lipinski definition) is 0. The number of rotatable bonds is 44. The molecule has 0 heterocycles. The topological polar surface area (TPSA) is 167 Å². The van der Waals surface area contributed by atoms with E-state index in [1.54, 1.807) is 7.05 Å². The molecular weight excluding hydrogens is 738 g/mol. The van der Waals surface area contributed by atoms with Crippen LogP contribution in [0.5, 0.6) is 0 Å². The van der Waals surface area contributed by atoms with Gasteiger partial charge in [0.05, 0.1) is 159 Å². The first kappa shape index (κ1) is 54.3. The molecule has 0 aliphatic rings. The fraction of sp³-hybridized carbons (Fsp3) is 0.949. The Labute approximate surface area is 336 Å². The van der Waals surface area contributed by atoms with Crippen LogP contribution in [0.1, 0.15) is 59.8 Å². The molecule has 0 aromatic rings. The first-order valence-electron chi connectivity index (χ1n) is 20.3. The van der Waals surface area contributed by atoms with Crippen LogP contribution in [-0.2, 0) is 71.1 Å². The van der Waals surface area contributed by atoms with Crippen LogP contribution in [0.25, 0.3) is 0 Å². The minimum absolute atomic E-state index is 0.157. The Morgan fingerprint density at radius 3 is 0.982 bits per heavy atom. The maximum atomic E-state index is 11.9. The van der Waals surface area contributed by atoms with Crippen LogP contribution in [0, 0.1) is 0 Å². The molecule has 334 valence electrons. The van der Waals surface area contributed by atoms with Gasteiger partial charge in [0.15, 0.2) is 0 Å². The summed E-state index contributed by atoms with van der Waals surface area (Å²) < 4.78 is 76.1. The minimum atomic E-state index is -0.515. The predicted molar refractivity (Wildman–Crippen MR) is 208 cm³/mol. The highest BCUT2D eigenvalue weighted by Crippen LogP contribution is 2.09. The fourth-order valence-electron chi connectivity index (χ4n) is 4.14. The highest BCUT2D eigenvalue weighted by atomic mass is 16.6. The first-order chi connectivity index (χ1) is 27.3. The van der Waals surface area contributed by atoms with Gasteiger partial charge in [0.2, 0.25) is 0 Å². The second kappa shape index (κ2) is 42.9. The second-order valence-electron chi connectivity index (χ2n) is 13.3. The summed E-state index contributed by atoms with van der Waals surface area (Å²) in [5, 5.41) is 0. The molecule has 56 heavy (non-hydrogen) atoms. The largest absolute Gasteiger partial charge is 0.463 e. The van der Waals surface area contributed by atoms with Crippen LogP contribution in [0.15, 0.2) is 0 Å². The third-order valence-electron chi connectivity index (χ3n) is 7.09. The molecule has 1 amide bonds. The van der Waals surface area contributed by atoms with Crippen molar-refractivity contribution in [2.24, 2.45) is 0 Å². The summed E-state index contributed by atoms with van der Waals surface area (Å²) in [6, 6.07) is 0. The molecule has 0 aromatic carbocycles. The Bertz CT molecular complexity index is 835. The van der Waals surface area contributed by atoms with Crippen LogP contribution in [0.4, 0.5) is 4.79 Å². The van der Waals surface area contributed by atoms with E-state index >= 15 is 0 Å². The Balaban J connectivity index is 3.15. The molecule has 0 rings (SSSR count). The zero-order chi connectivity index (χ0) is 41.1. The molecular formula is C39H77NO16. The van der Waals surface area contributed by atoms with Gasteiger partial charge in [-0.15, -0.1) is 0 Å². The van der Waals surface area contributed by atoms with Crippen molar-refractivity contribution in [3.63, 3.8) is 0 Å². The fourth-order valence-corrected chi connectivity index (χ4v) is 4.14. The number of hydrogen-bond acceptors (Lipinski definition) is 16. The number of nitrogens with zero attached hydrogens (tertiary/aromatic N) is 1. The molecule has 0 aliphatic heterocycles. The lowest BCUT2D eigenvalue weighted by Crippen LogP contribution is -2.36. The van der Waals surface area contributed by atoms with Crippen molar-refractivity contribution in [1.29, 1.82) is 0 Å². The van der Waals surface area contributed by atoms with E-state index in [0.717, 1.165) is 25.7 Å². The standard InChI is InChI=1S/C39H77NO16/c1-6-7-8-9-10-37(41)55-36-35-54-34-33-53-32-31-52-30-29-51-28-27-50-26-25-49-24-23-48-22-21-47-20-19-46-18-17-45-16-15-44-14-13-43-12-11-40(5)38(42)56-39(2,3)4/h6-36H2,1-5H3. The number of unbranched alkanes of at least 4 members (excludes halogenated alkanes) is 3. The van der Waals surface area contributed by atoms with Crippen LogP contribution < -0.4 is 0 Å². The molecule has 0 saturated carbocycles. The average molecular weight is 816 g/mol. The molecule has 0 N–H and O–H groups in total. The van der Waals surface area contributed by atoms with E-state index in [0.29, 0.717) is 172 Å². The van der Waals surface area contributed by atoms with Gasteiger partial charge >= 0.3 is 12.1 Å². The molecule has 0 bridgehead atoms. The van der Waals surface area contributed by atoms with Gasteiger partial charge in [0.1, 0.15) is 12.2 Å². The van der Waals surface area contributed by atoms with Crippen molar-refractivity contribution in [3.05, 3.63) is 0 Å². The van der Waals surface area contributed by atoms with Crippen molar-refractivity contribution >= 4 is 12.1 Å². The summed E-state index contributed by atoms with van der Waals surface area (Å²) in [5.74, 6) is -0.157. The van der Waals surface area contributed by atoms with E-state index in [4.69, 9.17) is 66.3 Å². The molecule has 0 unspecified atom stereocenters. The van der Waals surface area contributed by atoms with E-state index in [1.165, 1.54) is 4.90 Å². The summed E-state index contributed by atoms with van der Waals surface area (Å²) in [7, 11) is 1.68. The van der Waals surface area contributed by atoms with Crippen LogP contribution in [0.3, 0.4) is 0 Å². The zero-order valence-electron chi connectivity index (χ0n) is 35.4. The van der Waals surface area contributed by atoms with E-state index in [-0.39, 0.29) is 18.7 Å². The quantitative estimate of drug-likeness (QED) is 0.0647. The van der Waals surface area contributed by atoms with Crippen molar-refractivity contribution in [3.8, 4) is 0 Å². The SMILES string of the molecule is CCCCCCC(=O)OCCOCCOCCOCCOCCOCCOCCOCCOCCOCCOCCOCCOCCN(C)C(=O)OC(C)(C)C. The first-order valence-corrected chi connectivity index (χ1v) is 20.3. The molecule has 0 saturated heterocycles. The van der Waals surface area contributed by atoms with Gasteiger partial charge in [0, 0.05) is 20.0 Å². The van der Waals surface area contributed by atoms with Crippen LogP contribution >= 0.6 is 0 Å². The Kier molecular flexibility index (Phi) is 41.5. The summed E-state index contributed by atoms with van der Waals surface area (Å²) in [4.78, 5) is 24.9. The van der Waals surface area contributed by atoms with E-state index in [2.05, 4.69) is 6.92 Å². The Hall–Kier alpha value is -1.74. The summed E-state index contributed by atoms with van der Waals surface area (Å²) in [6.45, 7) is 19.7. The van der Waals surface area contributed by atoms with Gasteiger partial charge in [-0.05, 0) is 27.2 Å². The van der Waals surface area contributed by atoms with Gasteiger partial charge < -0.3 is 71.2 Å². The van der Waals surface area contributed by atoms with E-state index in [9.17, 15) is 9.59 Å². The molecule has 17 nitrogen and oxygen atoms in total. The predicted octanol–water partition coefficient (Wildman–Crippen LogP) is 3.57. The number of likely N-dealkylation sites (N-methyl/N-ethyl adjacent to an activating group) is 1. The molecule has 0 aromatic heterocycles. The molecule has 0 fully saturated rings. The van der Waals surface area contributed by atoms with Gasteiger partial charge in [-0.3, -0.25) is 4.79 Å². The zero-order valence-corrected chi connectivity index (χ0v) is 35.4. The maximum Gasteiger partial charge on any atom is 0.410 e. The average Bonchev–Trinajstić information content (AvgIpc) is 3.16. The third-order valence-corrected chi connectivity index (χ3v) is 7.09. The van der Waals surface area contributed by atoms with Crippen LogP contribution in [0.2, 0.25) is 0 Å². The number of carbonyl (C=O) groups excluding carboxylic acids is 2. The molecule has 0 atom stereocenters. The highest BCUT2D eigenvalue weighted by molar-refractivity contribution is 5.69. The normalized spacial score (nSPS) is 11.7.